The highest BCUT2D eigenvalue weighted by Crippen LogP contribution is 2.28. The summed E-state index contributed by atoms with van der Waals surface area (Å²) in [7, 11) is 0. The quantitative estimate of drug-likeness (QED) is 0.759. The molecule has 94 valence electrons. The van der Waals surface area contributed by atoms with E-state index in [2.05, 4.69) is 50.3 Å². The van der Waals surface area contributed by atoms with Gasteiger partial charge >= 0.3 is 0 Å². The Bertz CT molecular complexity index is 735. The van der Waals surface area contributed by atoms with Gasteiger partial charge in [0.1, 0.15) is 12.1 Å². The molecule has 0 saturated carbocycles. The lowest BCUT2D eigenvalue weighted by Crippen LogP contribution is -1.96. The number of aromatic nitrogens is 2. The Balaban J connectivity index is 2.06. The molecule has 3 nitrogen and oxygen atoms in total. The van der Waals surface area contributed by atoms with E-state index in [0.717, 1.165) is 26.9 Å². The summed E-state index contributed by atoms with van der Waals surface area (Å²) in [6.07, 6.45) is 1.58. The summed E-state index contributed by atoms with van der Waals surface area (Å²) in [6.45, 7) is 2.06. The van der Waals surface area contributed by atoms with Gasteiger partial charge in [0.25, 0.3) is 0 Å². The van der Waals surface area contributed by atoms with Crippen molar-refractivity contribution in [3.8, 4) is 0 Å². The molecule has 4 heteroatoms. The van der Waals surface area contributed by atoms with Crippen LogP contribution in [0.3, 0.4) is 0 Å². The van der Waals surface area contributed by atoms with Gasteiger partial charge in [-0.05, 0) is 52.7 Å². The topological polar surface area (TPSA) is 37.8 Å². The van der Waals surface area contributed by atoms with Crippen molar-refractivity contribution >= 4 is 38.3 Å². The monoisotopic (exact) mass is 313 g/mol. The molecular formula is C15H12BrN3. The van der Waals surface area contributed by atoms with Gasteiger partial charge < -0.3 is 5.32 Å². The molecule has 0 saturated heterocycles. The van der Waals surface area contributed by atoms with Gasteiger partial charge in [0.05, 0.1) is 11.2 Å². The van der Waals surface area contributed by atoms with Crippen LogP contribution in [-0.4, -0.2) is 9.97 Å². The molecular weight excluding hydrogens is 302 g/mol. The lowest BCUT2D eigenvalue weighted by molar-refractivity contribution is 1.22. The van der Waals surface area contributed by atoms with Gasteiger partial charge in [-0.2, -0.15) is 0 Å². The third-order valence-electron chi connectivity index (χ3n) is 2.92. The highest BCUT2D eigenvalue weighted by molar-refractivity contribution is 9.10. The van der Waals surface area contributed by atoms with Gasteiger partial charge in [-0.15, -0.1) is 0 Å². The van der Waals surface area contributed by atoms with Gasteiger partial charge in [-0.3, -0.25) is 0 Å². The van der Waals surface area contributed by atoms with Crippen molar-refractivity contribution in [3.63, 3.8) is 0 Å². The van der Waals surface area contributed by atoms with Crippen LogP contribution >= 0.6 is 15.9 Å². The van der Waals surface area contributed by atoms with Crippen LogP contribution < -0.4 is 5.32 Å². The zero-order valence-corrected chi connectivity index (χ0v) is 12.0. The maximum atomic E-state index is 4.32. The first-order valence-electron chi connectivity index (χ1n) is 5.97. The van der Waals surface area contributed by atoms with Gasteiger partial charge in [0.2, 0.25) is 0 Å². The molecule has 0 bridgehead atoms. The smallest absolute Gasteiger partial charge is 0.141 e. The Labute approximate surface area is 119 Å². The number of anilines is 2. The van der Waals surface area contributed by atoms with E-state index in [9.17, 15) is 0 Å². The van der Waals surface area contributed by atoms with E-state index in [1.54, 1.807) is 6.33 Å². The molecule has 0 aliphatic heterocycles. The van der Waals surface area contributed by atoms with Crippen LogP contribution in [0.4, 0.5) is 11.5 Å². The first-order chi connectivity index (χ1) is 9.24. The van der Waals surface area contributed by atoms with Crippen molar-refractivity contribution in [1.29, 1.82) is 0 Å². The molecule has 0 spiro atoms. The minimum atomic E-state index is 0.815. The van der Waals surface area contributed by atoms with Crippen molar-refractivity contribution < 1.29 is 0 Å². The van der Waals surface area contributed by atoms with Crippen LogP contribution in [0, 0.1) is 6.92 Å². The lowest BCUT2D eigenvalue weighted by Gasteiger charge is -2.10. The molecule has 3 aromatic rings. The molecule has 1 heterocycles. The molecule has 0 aliphatic carbocycles. The predicted molar refractivity (Wildman–Crippen MR) is 81.7 cm³/mol. The fourth-order valence-corrected chi connectivity index (χ4v) is 2.55. The molecule has 0 fully saturated rings. The number of fused-ring (bicyclic) bond motifs is 1. The number of hydrogen-bond donors (Lipinski definition) is 1. The highest BCUT2D eigenvalue weighted by Gasteiger charge is 2.05. The molecule has 3 rings (SSSR count). The second kappa shape index (κ2) is 4.97. The summed E-state index contributed by atoms with van der Waals surface area (Å²) >= 11 is 3.56. The van der Waals surface area contributed by atoms with Gasteiger partial charge in [-0.25, -0.2) is 9.97 Å². The Morgan fingerprint density at radius 3 is 2.74 bits per heavy atom. The largest absolute Gasteiger partial charge is 0.339 e. The molecule has 0 unspecified atom stereocenters. The fourth-order valence-electron chi connectivity index (χ4n) is 1.95. The summed E-state index contributed by atoms with van der Waals surface area (Å²) in [5.74, 6) is 0.815. The van der Waals surface area contributed by atoms with E-state index >= 15 is 0 Å². The number of nitrogens with zero attached hydrogens (tertiary/aromatic N) is 2. The first kappa shape index (κ1) is 12.1. The molecule has 2 aromatic carbocycles. The van der Waals surface area contributed by atoms with E-state index in [1.165, 1.54) is 5.56 Å². The zero-order chi connectivity index (χ0) is 13.2. The van der Waals surface area contributed by atoms with Crippen LogP contribution in [0.2, 0.25) is 0 Å². The van der Waals surface area contributed by atoms with E-state index in [0.29, 0.717) is 0 Å². The summed E-state index contributed by atoms with van der Waals surface area (Å²) in [6, 6.07) is 14.1. The number of aryl methyl sites for hydroxylation is 1. The Kier molecular flexibility index (Phi) is 3.17. The predicted octanol–water partition coefficient (Wildman–Crippen LogP) is 4.44. The molecule has 1 N–H and O–H groups in total. The summed E-state index contributed by atoms with van der Waals surface area (Å²) in [5.41, 5.74) is 3.14. The Hall–Kier alpha value is -1.94. The van der Waals surface area contributed by atoms with Crippen molar-refractivity contribution in [3.05, 3.63) is 58.8 Å². The van der Waals surface area contributed by atoms with Crippen LogP contribution in [0.5, 0.6) is 0 Å². The highest BCUT2D eigenvalue weighted by atomic mass is 79.9. The van der Waals surface area contributed by atoms with E-state index < -0.39 is 0 Å². The van der Waals surface area contributed by atoms with Crippen LogP contribution in [0.25, 0.3) is 10.9 Å². The fraction of sp³-hybridized carbons (Fsp3) is 0.0667. The minimum Gasteiger partial charge on any atom is -0.339 e. The molecule has 1 aromatic heterocycles. The maximum absolute atomic E-state index is 4.32. The average Bonchev–Trinajstić information content (AvgIpc) is 2.42. The van der Waals surface area contributed by atoms with Gasteiger partial charge in [0, 0.05) is 9.86 Å². The second-order valence-corrected chi connectivity index (χ2v) is 5.20. The number of para-hydroxylation sites is 1. The van der Waals surface area contributed by atoms with Crippen LogP contribution in [0.15, 0.2) is 53.3 Å². The molecule has 0 atom stereocenters. The van der Waals surface area contributed by atoms with E-state index in [4.69, 9.17) is 0 Å². The number of halogens is 1. The van der Waals surface area contributed by atoms with E-state index in [-0.39, 0.29) is 0 Å². The number of benzene rings is 2. The van der Waals surface area contributed by atoms with Crippen LogP contribution in [-0.2, 0) is 0 Å². The molecule has 0 amide bonds. The van der Waals surface area contributed by atoms with Crippen molar-refractivity contribution in [2.45, 2.75) is 6.92 Å². The summed E-state index contributed by atoms with van der Waals surface area (Å²) < 4.78 is 1.02. The van der Waals surface area contributed by atoms with Crippen molar-refractivity contribution in [2.24, 2.45) is 0 Å². The van der Waals surface area contributed by atoms with Crippen LogP contribution in [0.1, 0.15) is 5.56 Å². The minimum absolute atomic E-state index is 0.815. The van der Waals surface area contributed by atoms with Gasteiger partial charge in [-0.1, -0.05) is 18.2 Å². The van der Waals surface area contributed by atoms with Crippen molar-refractivity contribution in [1.82, 2.24) is 9.97 Å². The Morgan fingerprint density at radius 1 is 1.05 bits per heavy atom. The maximum Gasteiger partial charge on any atom is 0.141 e. The lowest BCUT2D eigenvalue weighted by atomic mass is 10.2. The summed E-state index contributed by atoms with van der Waals surface area (Å²) in [5, 5.41) is 4.36. The number of hydrogen-bond acceptors (Lipinski definition) is 3. The van der Waals surface area contributed by atoms with Crippen molar-refractivity contribution in [2.75, 3.05) is 5.32 Å². The number of nitrogens with one attached hydrogen (secondary N) is 1. The third kappa shape index (κ3) is 2.44. The average molecular weight is 314 g/mol. The first-order valence-corrected chi connectivity index (χ1v) is 6.76. The van der Waals surface area contributed by atoms with E-state index in [1.807, 2.05) is 30.3 Å². The molecule has 19 heavy (non-hydrogen) atoms. The van der Waals surface area contributed by atoms with Gasteiger partial charge in [0.15, 0.2) is 0 Å². The SMILES string of the molecule is Cc1ccc(Nc2ncnc3ccccc23)c(Br)c1. The normalized spacial score (nSPS) is 10.6. The molecule has 0 radical (unpaired) electrons. The zero-order valence-electron chi connectivity index (χ0n) is 10.4. The summed E-state index contributed by atoms with van der Waals surface area (Å²) in [4.78, 5) is 8.58. The molecule has 0 aliphatic rings. The standard InChI is InChI=1S/C15H12BrN3/c1-10-6-7-14(12(16)8-10)19-15-11-4-2-3-5-13(11)17-9-18-15/h2-9H,1H3,(H,17,18,19). The second-order valence-electron chi connectivity index (χ2n) is 4.35. The Morgan fingerprint density at radius 2 is 1.89 bits per heavy atom. The number of rotatable bonds is 2. The third-order valence-corrected chi connectivity index (χ3v) is 3.58.